The number of nitrogens with one attached hydrogen (secondary N) is 5. The average Bonchev–Trinajstić information content (AvgIpc) is 3.83. The third-order valence-corrected chi connectivity index (χ3v) is 11.7. The molecule has 5 rings (SSSR count). The Morgan fingerprint density at radius 1 is 0.681 bits per heavy atom. The summed E-state index contributed by atoms with van der Waals surface area (Å²) in [5.41, 5.74) is 0.378. The second-order valence-corrected chi connectivity index (χ2v) is 16.5. The van der Waals surface area contributed by atoms with Gasteiger partial charge in [-0.2, -0.15) is 0 Å². The van der Waals surface area contributed by atoms with E-state index >= 15 is 0 Å². The van der Waals surface area contributed by atoms with Gasteiger partial charge in [-0.25, -0.2) is 4.98 Å². The van der Waals surface area contributed by atoms with E-state index in [0.29, 0.717) is 5.69 Å². The number of aromatic amines is 1. The zero-order valence-electron chi connectivity index (χ0n) is 39.8. The molecule has 396 valence electrons. The third-order valence-electron chi connectivity index (χ3n) is 11.7. The molecule has 4 fully saturated rings. The summed E-state index contributed by atoms with van der Waals surface area (Å²) in [4.78, 5) is 81.5. The second-order valence-electron chi connectivity index (χ2n) is 16.5. The summed E-state index contributed by atoms with van der Waals surface area (Å²) >= 11 is 0. The Morgan fingerprint density at radius 3 is 1.64 bits per heavy atom. The summed E-state index contributed by atoms with van der Waals surface area (Å²) in [7, 11) is 2.21. The Labute approximate surface area is 453 Å². The first-order chi connectivity index (χ1) is 33.1. The van der Waals surface area contributed by atoms with Crippen LogP contribution in [0.2, 0.25) is 0 Å². The minimum atomic E-state index is -2.42. The van der Waals surface area contributed by atoms with E-state index < -0.39 is 190 Å². The van der Waals surface area contributed by atoms with E-state index in [9.17, 15) is 79.8 Å². The predicted octanol–water partition coefficient (Wildman–Crippen LogP) is -17.7. The van der Waals surface area contributed by atoms with Crippen LogP contribution in [0.15, 0.2) is 12.5 Å². The first-order valence-electron chi connectivity index (χ1n) is 21.6. The van der Waals surface area contributed by atoms with Gasteiger partial charge in [0.1, 0.15) is 91.4 Å². The Morgan fingerprint density at radius 2 is 1.18 bits per heavy atom. The number of hydrogen-bond donors (Lipinski definition) is 13. The second kappa shape index (κ2) is 29.0. The van der Waals surface area contributed by atoms with Gasteiger partial charge in [0.2, 0.25) is 17.7 Å². The number of amides is 4. The first-order valence-corrected chi connectivity index (χ1v) is 21.6. The van der Waals surface area contributed by atoms with Gasteiger partial charge in [-0.15, -0.1) is 0 Å². The minimum Gasteiger partial charge on any atom is -0.548 e. The number of aromatic nitrogens is 2. The van der Waals surface area contributed by atoms with Crippen molar-refractivity contribution in [3.63, 3.8) is 0 Å². The predicted molar refractivity (Wildman–Crippen MR) is 214 cm³/mol. The molecule has 21 atom stereocenters. The maximum Gasteiger partial charge on any atom is 1.00 e. The van der Waals surface area contributed by atoms with Crippen molar-refractivity contribution in [2.75, 3.05) is 34.0 Å². The minimum absolute atomic E-state index is 0. The number of nitrogens with zero attached hydrogens (tertiary/aromatic N) is 1. The summed E-state index contributed by atoms with van der Waals surface area (Å²) < 4.78 is 50.3. The molecule has 1 aromatic heterocycles. The normalized spacial score (nSPS) is 37.1. The molecule has 4 aliphatic rings. The van der Waals surface area contributed by atoms with E-state index in [4.69, 9.17) is 42.6 Å². The van der Waals surface area contributed by atoms with Crippen molar-refractivity contribution in [3.8, 4) is 0 Å². The zero-order chi connectivity index (χ0) is 51.7. The summed E-state index contributed by atoms with van der Waals surface area (Å²) in [6.07, 6.45) is -33.2. The number of carbonyl (C=O) groups excluding carboxylic acids is 6. The average molecular weight is 1060 g/mol. The van der Waals surface area contributed by atoms with Crippen LogP contribution in [0.1, 0.15) is 26.0 Å². The van der Waals surface area contributed by atoms with Crippen molar-refractivity contribution in [2.45, 2.75) is 155 Å². The molecule has 13 N–H and O–H groups in total. The van der Waals surface area contributed by atoms with Crippen LogP contribution in [-0.2, 0) is 77.8 Å². The van der Waals surface area contributed by atoms with Crippen molar-refractivity contribution in [2.24, 2.45) is 0 Å². The van der Waals surface area contributed by atoms with Crippen LogP contribution < -0.4 is 90.6 Å². The van der Waals surface area contributed by atoms with E-state index in [1.807, 2.05) is 0 Å². The molecular formula is C39H58N6Na2O25. The SMILES string of the molecule is COC1OC(CO)[C@@H](O)[C@H](OC2OC(C(=O)[O-])[C@@H](OC3OC(CO)[C@@H](O)[C@H](OC4OC(C(=O)NCCC(=O)N[C@@H](Cc5cnc[nH]5)C(=O)[O-])[C@@H](OC)[C@@H](O)[C@@H]4O)[C@@H]3NC(C)=O)[C@H](O)[C@@H]2O)[C@@H]1NC(C)=O.[Na+].[Na+]. The molecule has 5 heterocycles. The molecule has 0 aromatic carbocycles. The van der Waals surface area contributed by atoms with Gasteiger partial charge in [-0.05, 0) is 0 Å². The fourth-order valence-corrected chi connectivity index (χ4v) is 8.21. The van der Waals surface area contributed by atoms with Crippen molar-refractivity contribution in [1.29, 1.82) is 0 Å². The zero-order valence-corrected chi connectivity index (χ0v) is 43.8. The van der Waals surface area contributed by atoms with Gasteiger partial charge < -0.3 is 130 Å². The molecule has 72 heavy (non-hydrogen) atoms. The number of hydrogen-bond acceptors (Lipinski definition) is 26. The molecular weight excluding hydrogens is 998 g/mol. The number of aliphatic hydroxyl groups excluding tert-OH is 8. The fraction of sp³-hybridized carbons (Fsp3) is 0.769. The molecule has 0 saturated carbocycles. The van der Waals surface area contributed by atoms with Gasteiger partial charge in [-0.3, -0.25) is 19.2 Å². The molecule has 1 aromatic rings. The Kier molecular flexibility index (Phi) is 25.7. The number of imidazole rings is 1. The van der Waals surface area contributed by atoms with E-state index in [1.54, 1.807) is 0 Å². The number of methoxy groups -OCH3 is 2. The molecule has 4 aliphatic heterocycles. The number of ether oxygens (including phenoxy) is 9. The van der Waals surface area contributed by atoms with E-state index in [0.717, 1.165) is 28.1 Å². The molecule has 0 aliphatic carbocycles. The van der Waals surface area contributed by atoms with Gasteiger partial charge in [0.05, 0.1) is 37.5 Å². The number of carboxylic acid groups (broad SMARTS) is 2. The molecule has 33 heteroatoms. The quantitative estimate of drug-likeness (QED) is 0.0509. The van der Waals surface area contributed by atoms with E-state index in [1.165, 1.54) is 12.5 Å². The van der Waals surface area contributed by atoms with Crippen LogP contribution >= 0.6 is 0 Å². The summed E-state index contributed by atoms with van der Waals surface area (Å²) in [5.74, 6) is -7.16. The maximum atomic E-state index is 13.5. The fourth-order valence-electron chi connectivity index (χ4n) is 8.21. The molecule has 0 radical (unpaired) electrons. The van der Waals surface area contributed by atoms with Gasteiger partial charge in [0.25, 0.3) is 5.91 Å². The number of carboxylic acids is 2. The van der Waals surface area contributed by atoms with Crippen LogP contribution in [0, 0.1) is 0 Å². The molecule has 31 nitrogen and oxygen atoms in total. The molecule has 8 unspecified atom stereocenters. The largest absolute Gasteiger partial charge is 1.00 e. The number of H-pyrrole nitrogens is 1. The molecule has 4 saturated heterocycles. The number of aliphatic hydroxyl groups is 8. The standard InChI is InChI=1S/C39H60N6O25.2Na/c1-12(48)43-19-27(21(51)16(9-46)64-36(19)63-4)66-39-26(56)24(54)30(32(70-39)35(60)61)68-37-20(44-13(2)49)28(22(52)17(10-47)65-37)67-38-25(55)23(53)29(62-3)31(69-38)33(57)41-6-5-18(50)45-15(34(58)59)7-14-8-40-11-42-14;;/h8,11,15-17,19-32,36-39,46-47,51-56H,5-7,9-10H2,1-4H3,(H,40,42)(H,41,57)(H,43,48)(H,44,49)(H,45,50)(H,58,59)(H,60,61);;/q;2*+1/p-2/t15-,16?,17?,19-,20-,21+,22+,23-,24+,25-,26-,27+,28+,29-,30-,31?,32?,36?,37?,38?,39?;;/m0../s1. The number of carbonyl (C=O) groups is 6. The van der Waals surface area contributed by atoms with Crippen LogP contribution in [0.25, 0.3) is 0 Å². The summed E-state index contributed by atoms with van der Waals surface area (Å²) in [6, 6.07) is -4.70. The van der Waals surface area contributed by atoms with Gasteiger partial charge in [-0.1, -0.05) is 0 Å². The Hall–Kier alpha value is -2.65. The van der Waals surface area contributed by atoms with Gasteiger partial charge >= 0.3 is 59.1 Å². The number of aliphatic carboxylic acids is 2. The van der Waals surface area contributed by atoms with Gasteiger partial charge in [0.15, 0.2) is 31.3 Å². The summed E-state index contributed by atoms with van der Waals surface area (Å²) in [6.45, 7) is -0.228. The number of rotatable bonds is 21. The smallest absolute Gasteiger partial charge is 0.548 e. The van der Waals surface area contributed by atoms with Crippen molar-refractivity contribution in [3.05, 3.63) is 18.2 Å². The van der Waals surface area contributed by atoms with Crippen molar-refractivity contribution >= 4 is 35.6 Å². The Bertz CT molecular complexity index is 1930. The van der Waals surface area contributed by atoms with Crippen LogP contribution in [0.3, 0.4) is 0 Å². The van der Waals surface area contributed by atoms with E-state index in [-0.39, 0.29) is 65.5 Å². The van der Waals surface area contributed by atoms with Crippen molar-refractivity contribution in [1.82, 2.24) is 31.2 Å². The topological polar surface area (TPSA) is 470 Å². The van der Waals surface area contributed by atoms with Crippen LogP contribution in [0.5, 0.6) is 0 Å². The molecule has 4 amide bonds. The van der Waals surface area contributed by atoms with E-state index in [2.05, 4.69) is 31.2 Å². The Balaban J connectivity index is 0.00000684. The summed E-state index contributed by atoms with van der Waals surface area (Å²) in [5, 5.41) is 121. The third kappa shape index (κ3) is 15.5. The van der Waals surface area contributed by atoms with Crippen molar-refractivity contribution < 1.29 is 182 Å². The van der Waals surface area contributed by atoms with Crippen LogP contribution in [0.4, 0.5) is 0 Å². The first kappa shape index (κ1) is 63.6. The van der Waals surface area contributed by atoms with Crippen LogP contribution in [-0.4, -0.2) is 249 Å². The maximum absolute atomic E-state index is 13.5. The van der Waals surface area contributed by atoms with Gasteiger partial charge in [0, 0.05) is 59.3 Å². The monoisotopic (exact) mass is 1060 g/mol. The molecule has 0 bridgehead atoms. The molecule has 0 spiro atoms.